The lowest BCUT2D eigenvalue weighted by Gasteiger charge is -2.16. The number of allylic oxidation sites excluding steroid dienone is 1. The van der Waals surface area contributed by atoms with Crippen LogP contribution < -0.4 is 20.9 Å². The number of hydrogen-bond acceptors (Lipinski definition) is 7. The lowest BCUT2D eigenvalue weighted by molar-refractivity contribution is -0.137. The first-order chi connectivity index (χ1) is 14.6. The summed E-state index contributed by atoms with van der Waals surface area (Å²) in [6.07, 6.45) is -3.72. The molecular formula is C21H18F3N5O2. The molecule has 0 radical (unpaired) electrons. The number of alkyl halides is 3. The van der Waals surface area contributed by atoms with Gasteiger partial charge in [-0.1, -0.05) is 13.5 Å². The van der Waals surface area contributed by atoms with Gasteiger partial charge in [-0.2, -0.15) is 18.2 Å². The van der Waals surface area contributed by atoms with Crippen molar-refractivity contribution in [2.45, 2.75) is 19.0 Å². The molecule has 1 atom stereocenters. The van der Waals surface area contributed by atoms with E-state index < -0.39 is 11.7 Å². The van der Waals surface area contributed by atoms with Crippen molar-refractivity contribution in [1.29, 1.82) is 5.41 Å². The Hall–Kier alpha value is -3.82. The number of ether oxygens (including phenoxy) is 2. The Morgan fingerprint density at radius 1 is 1.26 bits per heavy atom. The molecule has 3 aromatic rings. The summed E-state index contributed by atoms with van der Waals surface area (Å²) in [6.45, 7) is 5.85. The second kappa shape index (κ2) is 7.15. The molecule has 4 rings (SSSR count). The molecule has 1 aromatic heterocycles. The Kier molecular flexibility index (Phi) is 4.72. The Bertz CT molecular complexity index is 1240. The first-order valence-corrected chi connectivity index (χ1v) is 9.20. The predicted molar refractivity (Wildman–Crippen MR) is 112 cm³/mol. The lowest BCUT2D eigenvalue weighted by atomic mass is 9.99. The van der Waals surface area contributed by atoms with Gasteiger partial charge in [-0.25, -0.2) is 4.98 Å². The van der Waals surface area contributed by atoms with E-state index in [0.717, 1.165) is 18.3 Å². The van der Waals surface area contributed by atoms with Crippen LogP contribution in [0.25, 0.3) is 16.5 Å². The number of halogens is 3. The number of nitrogen functional groups attached to an aromatic ring is 2. The van der Waals surface area contributed by atoms with Crippen molar-refractivity contribution in [3.8, 4) is 17.2 Å². The standard InChI is InChI=1S/C21H18F3N5O2/c1-9(7-25)11-3-12(21(22,23)24)5-13(4-11)31-15-6-14-17(19(26)29-20(27)28-14)18-16(15)10(2)8-30-18/h3-7,10,25H,1,8H2,2H3,(H4,26,27,28,29). The van der Waals surface area contributed by atoms with Crippen LogP contribution in [0.2, 0.25) is 0 Å². The smallest absolute Gasteiger partial charge is 0.416 e. The van der Waals surface area contributed by atoms with Crippen LogP contribution in [-0.2, 0) is 6.18 Å². The summed E-state index contributed by atoms with van der Waals surface area (Å²) >= 11 is 0. The maximum Gasteiger partial charge on any atom is 0.416 e. The monoisotopic (exact) mass is 429 g/mol. The van der Waals surface area contributed by atoms with E-state index in [4.69, 9.17) is 26.4 Å². The van der Waals surface area contributed by atoms with Crippen molar-refractivity contribution < 1.29 is 22.6 Å². The van der Waals surface area contributed by atoms with Gasteiger partial charge < -0.3 is 26.4 Å². The maximum absolute atomic E-state index is 13.4. The number of nitrogens with two attached hydrogens (primary N) is 2. The number of aromatic nitrogens is 2. The molecular weight excluding hydrogens is 411 g/mol. The van der Waals surface area contributed by atoms with E-state index in [9.17, 15) is 13.2 Å². The number of fused-ring (bicyclic) bond motifs is 3. The molecule has 0 spiro atoms. The fourth-order valence-electron chi connectivity index (χ4n) is 3.51. The topological polar surface area (TPSA) is 120 Å². The number of nitrogens with zero attached hydrogens (tertiary/aromatic N) is 2. The van der Waals surface area contributed by atoms with Crippen molar-refractivity contribution in [3.63, 3.8) is 0 Å². The van der Waals surface area contributed by atoms with Gasteiger partial charge in [-0.05, 0) is 29.3 Å². The second-order valence-electron chi connectivity index (χ2n) is 7.21. The molecule has 31 heavy (non-hydrogen) atoms. The molecule has 0 fully saturated rings. The van der Waals surface area contributed by atoms with Crippen LogP contribution in [-0.4, -0.2) is 22.8 Å². The van der Waals surface area contributed by atoms with E-state index in [2.05, 4.69) is 16.5 Å². The first-order valence-electron chi connectivity index (χ1n) is 9.20. The van der Waals surface area contributed by atoms with Crippen molar-refractivity contribution in [2.75, 3.05) is 18.1 Å². The highest BCUT2D eigenvalue weighted by molar-refractivity contribution is 6.07. The minimum absolute atomic E-state index is 0.0504. The molecule has 10 heteroatoms. The second-order valence-corrected chi connectivity index (χ2v) is 7.21. The summed E-state index contributed by atoms with van der Waals surface area (Å²) < 4.78 is 52.0. The summed E-state index contributed by atoms with van der Waals surface area (Å²) in [4.78, 5) is 8.12. The SMILES string of the molecule is C=C(C=N)c1cc(Oc2cc3nc(N)nc(N)c3c3c2C(C)CO3)cc(C(F)(F)F)c1. The van der Waals surface area contributed by atoms with Crippen LogP contribution in [0.1, 0.15) is 29.5 Å². The number of anilines is 2. The number of nitrogens with one attached hydrogen (secondary N) is 1. The van der Waals surface area contributed by atoms with Gasteiger partial charge in [0.2, 0.25) is 5.95 Å². The van der Waals surface area contributed by atoms with E-state index in [-0.39, 0.29) is 40.3 Å². The van der Waals surface area contributed by atoms with Gasteiger partial charge in [0.05, 0.1) is 23.1 Å². The zero-order valence-corrected chi connectivity index (χ0v) is 16.4. The molecule has 0 aliphatic carbocycles. The van der Waals surface area contributed by atoms with E-state index in [0.29, 0.717) is 28.8 Å². The minimum atomic E-state index is -4.60. The maximum atomic E-state index is 13.4. The Balaban J connectivity index is 1.90. The third kappa shape index (κ3) is 3.60. The average molecular weight is 429 g/mol. The fraction of sp³-hybridized carbons (Fsp3) is 0.190. The lowest BCUT2D eigenvalue weighted by Crippen LogP contribution is -2.06. The Labute approximate surface area is 175 Å². The van der Waals surface area contributed by atoms with Crippen LogP contribution in [0.3, 0.4) is 0 Å². The zero-order valence-electron chi connectivity index (χ0n) is 16.4. The van der Waals surface area contributed by atoms with Gasteiger partial charge in [0, 0.05) is 23.8 Å². The summed E-state index contributed by atoms with van der Waals surface area (Å²) in [5, 5.41) is 7.80. The van der Waals surface area contributed by atoms with Gasteiger partial charge in [0.15, 0.2) is 0 Å². The highest BCUT2D eigenvalue weighted by Crippen LogP contribution is 2.48. The normalized spacial score (nSPS) is 15.4. The molecule has 5 N–H and O–H groups in total. The molecule has 0 saturated heterocycles. The molecule has 2 heterocycles. The van der Waals surface area contributed by atoms with E-state index in [1.807, 2.05) is 6.92 Å². The molecule has 0 bridgehead atoms. The zero-order chi connectivity index (χ0) is 22.5. The highest BCUT2D eigenvalue weighted by atomic mass is 19.4. The highest BCUT2D eigenvalue weighted by Gasteiger charge is 2.33. The molecule has 1 aliphatic rings. The van der Waals surface area contributed by atoms with E-state index in [1.54, 1.807) is 6.07 Å². The number of benzene rings is 2. The van der Waals surface area contributed by atoms with Gasteiger partial charge in [-0.15, -0.1) is 0 Å². The Morgan fingerprint density at radius 2 is 2.00 bits per heavy atom. The van der Waals surface area contributed by atoms with Crippen LogP contribution in [0.4, 0.5) is 24.9 Å². The molecule has 160 valence electrons. The van der Waals surface area contributed by atoms with Crippen LogP contribution in [0.5, 0.6) is 17.2 Å². The fourth-order valence-corrected chi connectivity index (χ4v) is 3.51. The summed E-state index contributed by atoms with van der Waals surface area (Å²) in [6, 6.07) is 4.76. The molecule has 7 nitrogen and oxygen atoms in total. The van der Waals surface area contributed by atoms with Gasteiger partial charge in [-0.3, -0.25) is 0 Å². The Morgan fingerprint density at radius 3 is 2.68 bits per heavy atom. The minimum Gasteiger partial charge on any atom is -0.492 e. The van der Waals surface area contributed by atoms with Crippen LogP contribution in [0.15, 0.2) is 30.8 Å². The van der Waals surface area contributed by atoms with E-state index in [1.165, 1.54) is 6.07 Å². The first kappa shape index (κ1) is 20.5. The third-order valence-corrected chi connectivity index (χ3v) is 4.96. The van der Waals surface area contributed by atoms with Crippen molar-refractivity contribution in [1.82, 2.24) is 9.97 Å². The molecule has 0 amide bonds. The van der Waals surface area contributed by atoms with E-state index >= 15 is 0 Å². The summed E-state index contributed by atoms with van der Waals surface area (Å²) in [7, 11) is 0. The van der Waals surface area contributed by atoms with Crippen LogP contribution in [0, 0.1) is 5.41 Å². The molecule has 0 saturated carbocycles. The van der Waals surface area contributed by atoms with Crippen LogP contribution >= 0.6 is 0 Å². The van der Waals surface area contributed by atoms with Gasteiger partial charge in [0.25, 0.3) is 0 Å². The number of hydrogen-bond donors (Lipinski definition) is 3. The molecule has 1 aliphatic heterocycles. The van der Waals surface area contributed by atoms with Crippen molar-refractivity contribution in [2.24, 2.45) is 0 Å². The third-order valence-electron chi connectivity index (χ3n) is 4.96. The van der Waals surface area contributed by atoms with Gasteiger partial charge >= 0.3 is 6.18 Å². The van der Waals surface area contributed by atoms with Crippen molar-refractivity contribution in [3.05, 3.63) is 47.5 Å². The number of rotatable bonds is 4. The van der Waals surface area contributed by atoms with Crippen molar-refractivity contribution >= 4 is 34.5 Å². The largest absolute Gasteiger partial charge is 0.492 e. The average Bonchev–Trinajstić information content (AvgIpc) is 3.07. The van der Waals surface area contributed by atoms with Gasteiger partial charge in [0.1, 0.15) is 23.1 Å². The predicted octanol–water partition coefficient (Wildman–Crippen LogP) is 4.76. The molecule has 2 aromatic carbocycles. The molecule has 1 unspecified atom stereocenters. The summed E-state index contributed by atoms with van der Waals surface area (Å²) in [5.74, 6) is 0.620. The summed E-state index contributed by atoms with van der Waals surface area (Å²) in [5.41, 5.74) is 12.0. The quantitative estimate of drug-likeness (QED) is 0.514.